The Bertz CT molecular complexity index is 110. The van der Waals surface area contributed by atoms with Crippen LogP contribution in [0.5, 0.6) is 0 Å². The van der Waals surface area contributed by atoms with Crippen LogP contribution in [0.25, 0.3) is 0 Å². The van der Waals surface area contributed by atoms with Gasteiger partial charge >= 0.3 is 29.6 Å². The van der Waals surface area contributed by atoms with Gasteiger partial charge in [-0.2, -0.15) is 0 Å². The molecule has 0 aromatic heterocycles. The van der Waals surface area contributed by atoms with Gasteiger partial charge in [-0.05, 0) is 13.8 Å². The number of rotatable bonds is 3. The molecule has 6 heteroatoms. The Kier molecular flexibility index (Phi) is 9.00. The zero-order valence-electron chi connectivity index (χ0n) is 7.61. The van der Waals surface area contributed by atoms with Gasteiger partial charge in [-0.25, -0.2) is 0 Å². The minimum absolute atomic E-state index is 0. The van der Waals surface area contributed by atoms with Gasteiger partial charge < -0.3 is 11.8 Å². The largest absolute Gasteiger partial charge is 1.00 e. The van der Waals surface area contributed by atoms with Crippen molar-refractivity contribution in [2.24, 2.45) is 5.28 Å². The average molecular weight is 157 g/mol. The molecule has 0 atom stereocenters. The van der Waals surface area contributed by atoms with E-state index in [-0.39, 0.29) is 36.0 Å². The SMILES string of the molecule is CCN(CC)/[N+]([O-])=N/O.[H-].[Na+]. The van der Waals surface area contributed by atoms with Crippen LogP contribution in [0, 0.1) is 5.21 Å². The predicted molar refractivity (Wildman–Crippen MR) is 31.9 cm³/mol. The topological polar surface area (TPSA) is 61.9 Å². The van der Waals surface area contributed by atoms with Crippen molar-refractivity contribution in [1.29, 1.82) is 0 Å². The van der Waals surface area contributed by atoms with Gasteiger partial charge in [-0.1, -0.05) is 0 Å². The molecule has 0 amide bonds. The summed E-state index contributed by atoms with van der Waals surface area (Å²) in [5.41, 5.74) is 0. The monoisotopic (exact) mass is 157 g/mol. The van der Waals surface area contributed by atoms with Crippen LogP contribution < -0.4 is 29.6 Å². The Morgan fingerprint density at radius 2 is 2.00 bits per heavy atom. The minimum atomic E-state index is 0. The van der Waals surface area contributed by atoms with Gasteiger partial charge in [0.2, 0.25) is 5.28 Å². The molecule has 0 aliphatic carbocycles. The van der Waals surface area contributed by atoms with Gasteiger partial charge in [0, 0.05) is 0 Å². The van der Waals surface area contributed by atoms with Gasteiger partial charge in [-0.3, -0.25) is 0 Å². The molecular weight excluding hydrogens is 145 g/mol. The predicted octanol–water partition coefficient (Wildman–Crippen LogP) is -2.29. The minimum Gasteiger partial charge on any atom is -1.00 e. The summed E-state index contributed by atoms with van der Waals surface area (Å²) in [7, 11) is 0. The summed E-state index contributed by atoms with van der Waals surface area (Å²) in [5.74, 6) is 0. The molecule has 0 heterocycles. The van der Waals surface area contributed by atoms with Crippen LogP contribution in [-0.2, 0) is 0 Å². The van der Waals surface area contributed by atoms with Crippen LogP contribution in [0.4, 0.5) is 0 Å². The van der Waals surface area contributed by atoms with Crippen molar-refractivity contribution in [3.05, 3.63) is 5.21 Å². The van der Waals surface area contributed by atoms with E-state index >= 15 is 0 Å². The van der Waals surface area contributed by atoms with E-state index in [0.29, 0.717) is 13.1 Å². The summed E-state index contributed by atoms with van der Waals surface area (Å²) in [6, 6.07) is 0. The van der Waals surface area contributed by atoms with E-state index in [2.05, 4.69) is 5.28 Å². The maximum atomic E-state index is 10.4. The molecule has 0 bridgehead atoms. The van der Waals surface area contributed by atoms with Crippen LogP contribution in [0.2, 0.25) is 0 Å². The van der Waals surface area contributed by atoms with E-state index in [9.17, 15) is 5.21 Å². The molecule has 0 aromatic carbocycles. The Labute approximate surface area is 83.6 Å². The number of nitrogens with zero attached hydrogens (tertiary/aromatic N) is 3. The third-order valence-corrected chi connectivity index (χ3v) is 1.05. The Hall–Kier alpha value is 0. The van der Waals surface area contributed by atoms with Crippen molar-refractivity contribution in [2.75, 3.05) is 13.1 Å². The maximum absolute atomic E-state index is 10.4. The van der Waals surface area contributed by atoms with E-state index in [4.69, 9.17) is 5.21 Å². The smallest absolute Gasteiger partial charge is 1.00 e. The average Bonchev–Trinajstić information content (AvgIpc) is 1.90. The van der Waals surface area contributed by atoms with Gasteiger partial charge in [0.05, 0.1) is 18.1 Å². The van der Waals surface area contributed by atoms with Crippen LogP contribution >= 0.6 is 0 Å². The molecule has 0 fully saturated rings. The molecule has 0 unspecified atom stereocenters. The first-order valence-electron chi connectivity index (χ1n) is 2.83. The molecule has 0 radical (unpaired) electrons. The van der Waals surface area contributed by atoms with Crippen LogP contribution in [0.15, 0.2) is 5.28 Å². The molecule has 0 aliphatic rings. The van der Waals surface area contributed by atoms with Crippen molar-refractivity contribution < 1.29 is 41.2 Å². The van der Waals surface area contributed by atoms with Crippen molar-refractivity contribution in [3.63, 3.8) is 0 Å². The molecule has 0 saturated heterocycles. The first-order valence-corrected chi connectivity index (χ1v) is 2.83. The van der Waals surface area contributed by atoms with Crippen molar-refractivity contribution in [1.82, 2.24) is 5.01 Å². The Balaban J connectivity index is -0.000000320. The second-order valence-electron chi connectivity index (χ2n) is 1.48. The van der Waals surface area contributed by atoms with E-state index in [1.54, 1.807) is 13.8 Å². The van der Waals surface area contributed by atoms with Crippen molar-refractivity contribution in [2.45, 2.75) is 13.8 Å². The number of hydrazine groups is 1. The fourth-order valence-corrected chi connectivity index (χ4v) is 0.522. The van der Waals surface area contributed by atoms with Crippen LogP contribution in [0.1, 0.15) is 15.3 Å². The number of hydrogen-bond acceptors (Lipinski definition) is 2. The summed E-state index contributed by atoms with van der Waals surface area (Å²) in [4.78, 5) is 0.167. The molecule has 1 N–H and O–H groups in total. The molecular formula is C4H12N3NaO2. The maximum Gasteiger partial charge on any atom is 1.00 e. The zero-order valence-corrected chi connectivity index (χ0v) is 8.61. The third kappa shape index (κ3) is 3.92. The molecule has 0 aromatic rings. The zero-order chi connectivity index (χ0) is 7.28. The Morgan fingerprint density at radius 3 is 2.10 bits per heavy atom. The Morgan fingerprint density at radius 1 is 1.60 bits per heavy atom. The van der Waals surface area contributed by atoms with E-state index < -0.39 is 0 Å². The molecule has 10 heavy (non-hydrogen) atoms. The standard InChI is InChI=1S/C4H11N3O2.Na.H/c1-3-6(4-2)7(9)5-8;;/h8H,3-4H2,1-2H3;;/q;+1;-1/b7-5-;;. The summed E-state index contributed by atoms with van der Waals surface area (Å²) in [6.07, 6.45) is 0. The van der Waals surface area contributed by atoms with E-state index in [1.807, 2.05) is 0 Å². The normalized spacial score (nSPS) is 10.4. The quantitative estimate of drug-likeness (QED) is 0.217. The fraction of sp³-hybridized carbons (Fsp3) is 1.00. The molecule has 56 valence electrons. The third-order valence-electron chi connectivity index (χ3n) is 1.05. The second-order valence-corrected chi connectivity index (χ2v) is 1.48. The first kappa shape index (κ1) is 12.7. The summed E-state index contributed by atoms with van der Waals surface area (Å²) >= 11 is 0. The summed E-state index contributed by atoms with van der Waals surface area (Å²) < 4.78 is 0. The van der Waals surface area contributed by atoms with Gasteiger partial charge in [0.25, 0.3) is 0 Å². The van der Waals surface area contributed by atoms with E-state index in [1.165, 1.54) is 5.01 Å². The van der Waals surface area contributed by atoms with Crippen molar-refractivity contribution >= 4 is 0 Å². The molecule has 0 rings (SSSR count). The molecule has 0 saturated carbocycles. The molecule has 5 nitrogen and oxygen atoms in total. The summed E-state index contributed by atoms with van der Waals surface area (Å²) in [6.45, 7) is 4.70. The fourth-order valence-electron chi connectivity index (χ4n) is 0.522. The van der Waals surface area contributed by atoms with E-state index in [0.717, 1.165) is 0 Å². The summed E-state index contributed by atoms with van der Waals surface area (Å²) in [5, 5.41) is 22.1. The number of hydrogen-bond donors (Lipinski definition) is 1. The van der Waals surface area contributed by atoms with Gasteiger partial charge in [0.1, 0.15) is 0 Å². The second kappa shape index (κ2) is 7.11. The van der Waals surface area contributed by atoms with Gasteiger partial charge in [0.15, 0.2) is 0 Å². The van der Waals surface area contributed by atoms with Crippen LogP contribution in [-0.4, -0.2) is 28.3 Å². The first-order chi connectivity index (χ1) is 4.26. The van der Waals surface area contributed by atoms with Gasteiger partial charge in [-0.15, -0.1) is 5.01 Å². The van der Waals surface area contributed by atoms with Crippen LogP contribution in [0.3, 0.4) is 0 Å². The molecule has 0 aliphatic heterocycles. The van der Waals surface area contributed by atoms with Crippen molar-refractivity contribution in [3.8, 4) is 0 Å². The molecule has 0 spiro atoms.